The number of hydrogen-bond donors (Lipinski definition) is 1. The number of aryl methyl sites for hydroxylation is 2. The van der Waals surface area contributed by atoms with Gasteiger partial charge in [-0.2, -0.15) is 0 Å². The molecule has 2 aromatic rings. The molecule has 2 N–H and O–H groups in total. The molecule has 0 aliphatic heterocycles. The maximum atomic E-state index is 6.21. The van der Waals surface area contributed by atoms with Gasteiger partial charge in [0.2, 0.25) is 0 Å². The molecule has 1 atom stereocenters. The SMILES string of the molecule is Cc1cc(C)cc([C@@H](N)c2cccs2)c1. The Kier molecular flexibility index (Phi) is 2.89. The lowest BCUT2D eigenvalue weighted by Crippen LogP contribution is -2.10. The molecule has 1 nitrogen and oxygen atoms in total. The normalized spacial score (nSPS) is 12.7. The Morgan fingerprint density at radius 2 is 1.80 bits per heavy atom. The highest BCUT2D eigenvalue weighted by molar-refractivity contribution is 7.10. The summed E-state index contributed by atoms with van der Waals surface area (Å²) in [5, 5.41) is 2.07. The topological polar surface area (TPSA) is 26.0 Å². The Labute approximate surface area is 94.6 Å². The van der Waals surface area contributed by atoms with Gasteiger partial charge in [-0.3, -0.25) is 0 Å². The summed E-state index contributed by atoms with van der Waals surface area (Å²) in [7, 11) is 0. The van der Waals surface area contributed by atoms with E-state index in [0.717, 1.165) is 0 Å². The van der Waals surface area contributed by atoms with E-state index in [9.17, 15) is 0 Å². The highest BCUT2D eigenvalue weighted by Crippen LogP contribution is 2.25. The fourth-order valence-corrected chi connectivity index (χ4v) is 2.58. The Bertz CT molecular complexity index is 425. The second-order valence-corrected chi connectivity index (χ2v) is 4.89. The average molecular weight is 217 g/mol. The van der Waals surface area contributed by atoms with Crippen molar-refractivity contribution in [3.8, 4) is 0 Å². The van der Waals surface area contributed by atoms with Gasteiger partial charge in [-0.1, -0.05) is 35.4 Å². The lowest BCUT2D eigenvalue weighted by atomic mass is 10.0. The van der Waals surface area contributed by atoms with E-state index < -0.39 is 0 Å². The Hall–Kier alpha value is -1.12. The van der Waals surface area contributed by atoms with Crippen molar-refractivity contribution in [1.29, 1.82) is 0 Å². The van der Waals surface area contributed by atoms with Gasteiger partial charge in [-0.25, -0.2) is 0 Å². The Balaban J connectivity index is 2.37. The van der Waals surface area contributed by atoms with Crippen LogP contribution in [-0.4, -0.2) is 0 Å². The second-order valence-electron chi connectivity index (χ2n) is 3.91. The molecule has 0 saturated heterocycles. The number of thiophene rings is 1. The van der Waals surface area contributed by atoms with Gasteiger partial charge in [0.25, 0.3) is 0 Å². The second kappa shape index (κ2) is 4.17. The van der Waals surface area contributed by atoms with Crippen LogP contribution in [0.3, 0.4) is 0 Å². The minimum absolute atomic E-state index is 0.0172. The summed E-state index contributed by atoms with van der Waals surface area (Å²) in [4.78, 5) is 1.22. The molecule has 78 valence electrons. The predicted molar refractivity (Wildman–Crippen MR) is 66.3 cm³/mol. The van der Waals surface area contributed by atoms with Gasteiger partial charge >= 0.3 is 0 Å². The van der Waals surface area contributed by atoms with Crippen LogP contribution in [0.5, 0.6) is 0 Å². The van der Waals surface area contributed by atoms with Crippen LogP contribution in [0.15, 0.2) is 35.7 Å². The van der Waals surface area contributed by atoms with Crippen LogP contribution in [0.1, 0.15) is 27.6 Å². The third-order valence-corrected chi connectivity index (χ3v) is 3.41. The van der Waals surface area contributed by atoms with Gasteiger partial charge in [-0.05, 0) is 30.9 Å². The summed E-state index contributed by atoms with van der Waals surface area (Å²) in [6, 6.07) is 10.7. The molecule has 0 bridgehead atoms. The van der Waals surface area contributed by atoms with Crippen LogP contribution < -0.4 is 5.73 Å². The van der Waals surface area contributed by atoms with E-state index in [1.165, 1.54) is 21.6 Å². The molecular formula is C13H15NS. The number of rotatable bonds is 2. The van der Waals surface area contributed by atoms with E-state index in [-0.39, 0.29) is 6.04 Å². The molecule has 0 spiro atoms. The largest absolute Gasteiger partial charge is 0.320 e. The molecule has 1 aromatic heterocycles. The summed E-state index contributed by atoms with van der Waals surface area (Å²) in [6.45, 7) is 4.22. The van der Waals surface area contributed by atoms with E-state index in [4.69, 9.17) is 5.73 Å². The number of hydrogen-bond acceptors (Lipinski definition) is 2. The lowest BCUT2D eigenvalue weighted by Gasteiger charge is -2.11. The summed E-state index contributed by atoms with van der Waals surface area (Å²) in [5.41, 5.74) is 9.96. The maximum Gasteiger partial charge on any atom is 0.0646 e. The zero-order valence-corrected chi connectivity index (χ0v) is 9.84. The zero-order valence-electron chi connectivity index (χ0n) is 9.03. The lowest BCUT2D eigenvalue weighted by molar-refractivity contribution is 0.889. The molecule has 0 amide bonds. The number of benzene rings is 1. The first kappa shape index (κ1) is 10.4. The smallest absolute Gasteiger partial charge is 0.0646 e. The maximum absolute atomic E-state index is 6.21. The van der Waals surface area contributed by atoms with E-state index >= 15 is 0 Å². The van der Waals surface area contributed by atoms with Crippen LogP contribution in [0.4, 0.5) is 0 Å². The minimum atomic E-state index is 0.0172. The van der Waals surface area contributed by atoms with Crippen LogP contribution in [-0.2, 0) is 0 Å². The van der Waals surface area contributed by atoms with E-state index in [0.29, 0.717) is 0 Å². The first-order chi connectivity index (χ1) is 7.16. The summed E-state index contributed by atoms with van der Waals surface area (Å²) < 4.78 is 0. The molecule has 0 unspecified atom stereocenters. The van der Waals surface area contributed by atoms with Crippen molar-refractivity contribution in [2.45, 2.75) is 19.9 Å². The Morgan fingerprint density at radius 3 is 2.33 bits per heavy atom. The first-order valence-electron chi connectivity index (χ1n) is 5.04. The molecule has 2 heteroatoms. The quantitative estimate of drug-likeness (QED) is 0.819. The summed E-state index contributed by atoms with van der Waals surface area (Å²) >= 11 is 1.71. The summed E-state index contributed by atoms with van der Waals surface area (Å²) in [5.74, 6) is 0. The van der Waals surface area contributed by atoms with Crippen molar-refractivity contribution in [3.05, 3.63) is 57.3 Å². The van der Waals surface area contributed by atoms with Gasteiger partial charge in [0, 0.05) is 4.88 Å². The molecule has 0 aliphatic carbocycles. The minimum Gasteiger partial charge on any atom is -0.320 e. The fourth-order valence-electron chi connectivity index (χ4n) is 1.82. The third kappa shape index (κ3) is 2.28. The fraction of sp³-hybridized carbons (Fsp3) is 0.231. The molecule has 0 aliphatic rings. The van der Waals surface area contributed by atoms with Crippen molar-refractivity contribution in [3.63, 3.8) is 0 Å². The van der Waals surface area contributed by atoms with Crippen LogP contribution in [0, 0.1) is 13.8 Å². The van der Waals surface area contributed by atoms with Crippen molar-refractivity contribution in [2.24, 2.45) is 5.73 Å². The molecule has 1 aromatic carbocycles. The molecule has 15 heavy (non-hydrogen) atoms. The van der Waals surface area contributed by atoms with Gasteiger partial charge in [0.05, 0.1) is 6.04 Å². The molecular weight excluding hydrogens is 202 g/mol. The van der Waals surface area contributed by atoms with E-state index in [1.54, 1.807) is 11.3 Å². The number of nitrogens with two attached hydrogens (primary N) is 1. The zero-order chi connectivity index (χ0) is 10.8. The van der Waals surface area contributed by atoms with Gasteiger partial charge in [0.1, 0.15) is 0 Å². The van der Waals surface area contributed by atoms with E-state index in [2.05, 4.69) is 43.5 Å². The van der Waals surface area contributed by atoms with Gasteiger partial charge in [-0.15, -0.1) is 11.3 Å². The third-order valence-electron chi connectivity index (χ3n) is 2.45. The van der Waals surface area contributed by atoms with Crippen molar-refractivity contribution < 1.29 is 0 Å². The molecule has 0 fully saturated rings. The van der Waals surface area contributed by atoms with Gasteiger partial charge < -0.3 is 5.73 Å². The van der Waals surface area contributed by atoms with Crippen molar-refractivity contribution in [1.82, 2.24) is 0 Å². The van der Waals surface area contributed by atoms with Crippen molar-refractivity contribution >= 4 is 11.3 Å². The van der Waals surface area contributed by atoms with Crippen molar-refractivity contribution in [2.75, 3.05) is 0 Å². The highest BCUT2D eigenvalue weighted by Gasteiger charge is 2.10. The van der Waals surface area contributed by atoms with E-state index in [1.807, 2.05) is 6.07 Å². The first-order valence-corrected chi connectivity index (χ1v) is 5.92. The summed E-state index contributed by atoms with van der Waals surface area (Å²) in [6.07, 6.45) is 0. The molecule has 2 rings (SSSR count). The van der Waals surface area contributed by atoms with Crippen LogP contribution in [0.25, 0.3) is 0 Å². The Morgan fingerprint density at radius 1 is 1.13 bits per heavy atom. The molecule has 1 heterocycles. The van der Waals surface area contributed by atoms with Gasteiger partial charge in [0.15, 0.2) is 0 Å². The molecule has 0 radical (unpaired) electrons. The molecule has 0 saturated carbocycles. The predicted octanol–water partition coefficient (Wildman–Crippen LogP) is 3.41. The highest BCUT2D eigenvalue weighted by atomic mass is 32.1. The average Bonchev–Trinajstić information content (AvgIpc) is 2.67. The monoisotopic (exact) mass is 217 g/mol. The van der Waals surface area contributed by atoms with Crippen LogP contribution in [0.2, 0.25) is 0 Å². The van der Waals surface area contributed by atoms with Crippen LogP contribution >= 0.6 is 11.3 Å². The standard InChI is InChI=1S/C13H15NS/c1-9-6-10(2)8-11(7-9)13(14)12-4-3-5-15-12/h3-8,13H,14H2,1-2H3/t13-/m1/s1.